The van der Waals surface area contributed by atoms with Gasteiger partial charge in [-0.2, -0.15) is 13.2 Å². The summed E-state index contributed by atoms with van der Waals surface area (Å²) in [6, 6.07) is 6.37. The van der Waals surface area contributed by atoms with Gasteiger partial charge < -0.3 is 14.8 Å². The summed E-state index contributed by atoms with van der Waals surface area (Å²) < 4.78 is 45.0. The molecule has 7 heteroatoms. The quantitative estimate of drug-likeness (QED) is 0.593. The molecule has 1 rings (SSSR count). The molecule has 21 heavy (non-hydrogen) atoms. The molecule has 1 amide bonds. The van der Waals surface area contributed by atoms with Crippen LogP contribution in [0.2, 0.25) is 0 Å². The molecular weight excluding hydrogens is 287 g/mol. The summed E-state index contributed by atoms with van der Waals surface area (Å²) in [5.41, 5.74) is 0.386. The molecule has 0 aliphatic carbocycles. The lowest BCUT2D eigenvalue weighted by Gasteiger charge is -2.09. The van der Waals surface area contributed by atoms with Crippen molar-refractivity contribution in [3.05, 3.63) is 42.5 Å². The van der Waals surface area contributed by atoms with E-state index in [1.54, 1.807) is 30.3 Å². The van der Waals surface area contributed by atoms with Crippen molar-refractivity contribution < 1.29 is 27.4 Å². The molecular formula is C14H16F3NO3. The van der Waals surface area contributed by atoms with E-state index in [4.69, 9.17) is 4.74 Å². The van der Waals surface area contributed by atoms with Gasteiger partial charge in [-0.1, -0.05) is 12.7 Å². The Kier molecular flexibility index (Phi) is 6.74. The molecule has 1 N–H and O–H groups in total. The van der Waals surface area contributed by atoms with Crippen molar-refractivity contribution in [3.63, 3.8) is 0 Å². The lowest BCUT2D eigenvalue weighted by molar-refractivity contribution is -0.173. The maximum absolute atomic E-state index is 11.8. The third kappa shape index (κ3) is 7.36. The Hall–Kier alpha value is -2.02. The van der Waals surface area contributed by atoms with Crippen LogP contribution in [0.15, 0.2) is 36.9 Å². The highest BCUT2D eigenvalue weighted by molar-refractivity contribution is 5.94. The summed E-state index contributed by atoms with van der Waals surface area (Å²) in [4.78, 5) is 11.7. The molecule has 0 saturated heterocycles. The fraction of sp³-hybridized carbons (Fsp3) is 0.357. The number of amides is 1. The van der Waals surface area contributed by atoms with Gasteiger partial charge in [-0.15, -0.1) is 0 Å². The SMILES string of the molecule is C=CCOc1ccc(C(=O)NCCOCC(F)(F)F)cc1. The predicted molar refractivity (Wildman–Crippen MR) is 71.3 cm³/mol. The number of hydrogen-bond donors (Lipinski definition) is 1. The van der Waals surface area contributed by atoms with Crippen LogP contribution < -0.4 is 10.1 Å². The van der Waals surface area contributed by atoms with Gasteiger partial charge in [-0.05, 0) is 24.3 Å². The van der Waals surface area contributed by atoms with Crippen LogP contribution in [0.3, 0.4) is 0 Å². The number of halogens is 3. The topological polar surface area (TPSA) is 47.6 Å². The second kappa shape index (κ2) is 8.31. The lowest BCUT2D eigenvalue weighted by Crippen LogP contribution is -2.28. The van der Waals surface area contributed by atoms with Gasteiger partial charge in [0.1, 0.15) is 19.0 Å². The number of carbonyl (C=O) groups is 1. The van der Waals surface area contributed by atoms with E-state index < -0.39 is 12.8 Å². The Labute approximate surface area is 120 Å². The summed E-state index contributed by atoms with van der Waals surface area (Å²) >= 11 is 0. The number of rotatable bonds is 8. The second-order valence-corrected chi connectivity index (χ2v) is 4.05. The molecule has 0 aliphatic heterocycles. The summed E-state index contributed by atoms with van der Waals surface area (Å²) in [5.74, 6) is 0.209. The molecule has 0 aromatic heterocycles. The van der Waals surface area contributed by atoms with E-state index in [2.05, 4.69) is 16.6 Å². The van der Waals surface area contributed by atoms with E-state index in [0.29, 0.717) is 17.9 Å². The highest BCUT2D eigenvalue weighted by Crippen LogP contribution is 2.14. The van der Waals surface area contributed by atoms with Crippen molar-refractivity contribution in [1.29, 1.82) is 0 Å². The van der Waals surface area contributed by atoms with E-state index in [9.17, 15) is 18.0 Å². The van der Waals surface area contributed by atoms with Crippen LogP contribution in [0, 0.1) is 0 Å². The Balaban J connectivity index is 2.30. The maximum atomic E-state index is 11.8. The van der Waals surface area contributed by atoms with Gasteiger partial charge >= 0.3 is 6.18 Å². The molecule has 0 atom stereocenters. The van der Waals surface area contributed by atoms with Gasteiger partial charge in [0.2, 0.25) is 0 Å². The van der Waals surface area contributed by atoms with Crippen molar-refractivity contribution in [1.82, 2.24) is 5.32 Å². The first-order chi connectivity index (χ1) is 9.92. The second-order valence-electron chi connectivity index (χ2n) is 4.05. The molecule has 4 nitrogen and oxygen atoms in total. The average molecular weight is 303 g/mol. The van der Waals surface area contributed by atoms with Crippen molar-refractivity contribution >= 4 is 5.91 Å². The minimum absolute atomic E-state index is 0.00360. The standard InChI is InChI=1S/C14H16F3NO3/c1-2-8-21-12-5-3-11(4-6-12)13(19)18-7-9-20-10-14(15,16)17/h2-6H,1,7-10H2,(H,18,19). The molecule has 0 heterocycles. The van der Waals surface area contributed by atoms with Gasteiger partial charge in [0.25, 0.3) is 5.91 Å². The smallest absolute Gasteiger partial charge is 0.411 e. The zero-order chi connectivity index (χ0) is 15.7. The van der Waals surface area contributed by atoms with E-state index in [1.165, 1.54) is 0 Å². The third-order valence-corrected chi connectivity index (χ3v) is 2.28. The maximum Gasteiger partial charge on any atom is 0.411 e. The summed E-state index contributed by atoms with van der Waals surface area (Å²) in [5, 5.41) is 2.46. The fourth-order valence-electron chi connectivity index (χ4n) is 1.38. The molecule has 1 aromatic carbocycles. The van der Waals surface area contributed by atoms with E-state index >= 15 is 0 Å². The van der Waals surface area contributed by atoms with Crippen molar-refractivity contribution in [2.45, 2.75) is 6.18 Å². The zero-order valence-electron chi connectivity index (χ0n) is 11.3. The third-order valence-electron chi connectivity index (χ3n) is 2.28. The molecule has 0 bridgehead atoms. The van der Waals surface area contributed by atoms with E-state index in [0.717, 1.165) is 0 Å². The Bertz CT molecular complexity index is 458. The Morgan fingerprint density at radius 3 is 2.52 bits per heavy atom. The van der Waals surface area contributed by atoms with Gasteiger partial charge in [0.05, 0.1) is 6.61 Å². The molecule has 0 spiro atoms. The van der Waals surface area contributed by atoms with Gasteiger partial charge in [-0.3, -0.25) is 4.79 Å². The van der Waals surface area contributed by atoms with Crippen LogP contribution in [-0.4, -0.2) is 38.4 Å². The summed E-state index contributed by atoms with van der Waals surface area (Å²) in [7, 11) is 0. The number of nitrogens with one attached hydrogen (secondary N) is 1. The van der Waals surface area contributed by atoms with E-state index in [-0.39, 0.29) is 19.1 Å². The zero-order valence-corrected chi connectivity index (χ0v) is 11.3. The molecule has 116 valence electrons. The first-order valence-corrected chi connectivity index (χ1v) is 6.19. The number of ether oxygens (including phenoxy) is 2. The molecule has 0 fully saturated rings. The van der Waals surface area contributed by atoms with Crippen molar-refractivity contribution in [2.24, 2.45) is 0 Å². The first kappa shape index (κ1) is 17.0. The lowest BCUT2D eigenvalue weighted by atomic mass is 10.2. The number of alkyl halides is 3. The minimum atomic E-state index is -4.36. The largest absolute Gasteiger partial charge is 0.490 e. The summed E-state index contributed by atoms with van der Waals surface area (Å²) in [6.45, 7) is 2.36. The van der Waals surface area contributed by atoms with Crippen LogP contribution in [-0.2, 0) is 4.74 Å². The van der Waals surface area contributed by atoms with Gasteiger partial charge in [0.15, 0.2) is 0 Å². The van der Waals surface area contributed by atoms with Gasteiger partial charge in [-0.25, -0.2) is 0 Å². The average Bonchev–Trinajstić information content (AvgIpc) is 2.44. The Morgan fingerprint density at radius 1 is 1.29 bits per heavy atom. The van der Waals surface area contributed by atoms with Crippen LogP contribution in [0.1, 0.15) is 10.4 Å². The van der Waals surface area contributed by atoms with Crippen LogP contribution in [0.4, 0.5) is 13.2 Å². The molecule has 0 saturated carbocycles. The van der Waals surface area contributed by atoms with Crippen LogP contribution in [0.5, 0.6) is 5.75 Å². The number of carbonyl (C=O) groups excluding carboxylic acids is 1. The van der Waals surface area contributed by atoms with Crippen molar-refractivity contribution in [3.8, 4) is 5.75 Å². The van der Waals surface area contributed by atoms with Crippen molar-refractivity contribution in [2.75, 3.05) is 26.4 Å². The molecule has 0 radical (unpaired) electrons. The molecule has 0 aliphatic rings. The Morgan fingerprint density at radius 2 is 1.95 bits per heavy atom. The summed E-state index contributed by atoms with van der Waals surface area (Å²) in [6.07, 6.45) is -2.76. The fourth-order valence-corrected chi connectivity index (χ4v) is 1.38. The van der Waals surface area contributed by atoms with E-state index in [1.807, 2.05) is 0 Å². The minimum Gasteiger partial charge on any atom is -0.490 e. The predicted octanol–water partition coefficient (Wildman–Crippen LogP) is 2.56. The molecule has 1 aromatic rings. The van der Waals surface area contributed by atoms with Gasteiger partial charge in [0, 0.05) is 12.1 Å². The number of benzene rings is 1. The highest BCUT2D eigenvalue weighted by Gasteiger charge is 2.27. The first-order valence-electron chi connectivity index (χ1n) is 6.19. The van der Waals surface area contributed by atoms with Crippen LogP contribution in [0.25, 0.3) is 0 Å². The highest BCUT2D eigenvalue weighted by atomic mass is 19.4. The monoisotopic (exact) mass is 303 g/mol. The molecule has 0 unspecified atom stereocenters. The van der Waals surface area contributed by atoms with Crippen LogP contribution >= 0.6 is 0 Å². The normalized spacial score (nSPS) is 11.0. The number of hydrogen-bond acceptors (Lipinski definition) is 3.